The van der Waals surface area contributed by atoms with E-state index in [4.69, 9.17) is 0 Å². The van der Waals surface area contributed by atoms with Crippen molar-refractivity contribution in [1.29, 1.82) is 0 Å². The molecule has 0 saturated carbocycles. The highest BCUT2D eigenvalue weighted by atomic mass is 127. The average molecular weight is 431 g/mol. The topological polar surface area (TPSA) is 52.5 Å². The highest BCUT2D eigenvalue weighted by molar-refractivity contribution is 14.0. The van der Waals surface area contributed by atoms with Crippen LogP contribution in [0.5, 0.6) is 0 Å². The Labute approximate surface area is 157 Å². The van der Waals surface area contributed by atoms with E-state index in [-0.39, 0.29) is 24.0 Å². The van der Waals surface area contributed by atoms with Crippen molar-refractivity contribution in [3.05, 3.63) is 37.1 Å². The van der Waals surface area contributed by atoms with Gasteiger partial charge in [-0.1, -0.05) is 12.1 Å². The first-order chi connectivity index (χ1) is 10.8. The number of nitrogens with zero attached hydrogens (tertiary/aromatic N) is 3. The molecule has 0 amide bonds. The summed E-state index contributed by atoms with van der Waals surface area (Å²) in [5.41, 5.74) is 0. The van der Waals surface area contributed by atoms with Gasteiger partial charge in [-0.05, 0) is 37.8 Å². The number of guanidine groups is 1. The molecule has 0 unspecified atom stereocenters. The van der Waals surface area contributed by atoms with Crippen molar-refractivity contribution in [3.8, 4) is 0 Å². The third-order valence-electron chi connectivity index (χ3n) is 3.33. The van der Waals surface area contributed by atoms with E-state index in [1.807, 2.05) is 31.3 Å². The highest BCUT2D eigenvalue weighted by Crippen LogP contribution is 2.00. The monoisotopic (exact) mass is 431 g/mol. The van der Waals surface area contributed by atoms with Crippen LogP contribution in [0.25, 0.3) is 0 Å². The molecule has 0 saturated heterocycles. The maximum Gasteiger partial charge on any atom is 0.193 e. The van der Waals surface area contributed by atoms with Crippen LogP contribution in [0.15, 0.2) is 42.0 Å². The van der Waals surface area contributed by atoms with Crippen LogP contribution in [0, 0.1) is 0 Å². The first-order valence-corrected chi connectivity index (χ1v) is 7.95. The van der Waals surface area contributed by atoms with Gasteiger partial charge >= 0.3 is 0 Å². The smallest absolute Gasteiger partial charge is 0.193 e. The van der Waals surface area contributed by atoms with E-state index < -0.39 is 0 Å². The third kappa shape index (κ3) is 10.1. The van der Waals surface area contributed by atoms with Crippen LogP contribution >= 0.6 is 24.0 Å². The first-order valence-electron chi connectivity index (χ1n) is 7.95. The van der Waals surface area contributed by atoms with Crippen molar-refractivity contribution in [2.45, 2.75) is 25.7 Å². The zero-order valence-corrected chi connectivity index (χ0v) is 16.6. The predicted molar refractivity (Wildman–Crippen MR) is 111 cm³/mol. The Morgan fingerprint density at radius 2 is 2.09 bits per heavy atom. The van der Waals surface area contributed by atoms with E-state index in [2.05, 4.69) is 39.1 Å². The predicted octanol–water partition coefficient (Wildman–Crippen LogP) is 3.37. The fraction of sp³-hybridized carbons (Fsp3) is 0.529. The summed E-state index contributed by atoms with van der Waals surface area (Å²) >= 11 is 0. The Bertz CT molecular complexity index is 436. The molecule has 1 aromatic heterocycles. The van der Waals surface area contributed by atoms with Gasteiger partial charge in [-0.15, -0.1) is 30.6 Å². The van der Waals surface area contributed by atoms with E-state index in [9.17, 15) is 0 Å². The SMILES string of the molecule is C=CCCCN(C)C(=NC)NCCCCNc1ccccn1.I. The van der Waals surface area contributed by atoms with Crippen LogP contribution in [0.3, 0.4) is 0 Å². The molecule has 0 aliphatic rings. The number of hydrogen-bond acceptors (Lipinski definition) is 3. The summed E-state index contributed by atoms with van der Waals surface area (Å²) < 4.78 is 0. The molecule has 0 atom stereocenters. The van der Waals surface area contributed by atoms with Crippen LogP contribution in [0.2, 0.25) is 0 Å². The molecule has 0 aliphatic heterocycles. The number of hydrogen-bond donors (Lipinski definition) is 2. The van der Waals surface area contributed by atoms with Crippen molar-refractivity contribution < 1.29 is 0 Å². The molecule has 1 aromatic rings. The Morgan fingerprint density at radius 3 is 2.74 bits per heavy atom. The lowest BCUT2D eigenvalue weighted by atomic mass is 10.3. The number of halogens is 1. The fourth-order valence-electron chi connectivity index (χ4n) is 2.10. The number of nitrogens with one attached hydrogen (secondary N) is 2. The van der Waals surface area contributed by atoms with Crippen molar-refractivity contribution in [2.75, 3.05) is 39.0 Å². The summed E-state index contributed by atoms with van der Waals surface area (Å²) in [6, 6.07) is 5.90. The summed E-state index contributed by atoms with van der Waals surface area (Å²) in [7, 11) is 3.90. The summed E-state index contributed by atoms with van der Waals surface area (Å²) in [6.45, 7) is 6.61. The molecular weight excluding hydrogens is 401 g/mol. The van der Waals surface area contributed by atoms with Gasteiger partial charge in [0.2, 0.25) is 0 Å². The maximum absolute atomic E-state index is 4.31. The lowest BCUT2D eigenvalue weighted by Gasteiger charge is -2.21. The fourth-order valence-corrected chi connectivity index (χ4v) is 2.10. The minimum Gasteiger partial charge on any atom is -0.370 e. The summed E-state index contributed by atoms with van der Waals surface area (Å²) in [4.78, 5) is 10.7. The van der Waals surface area contributed by atoms with Crippen molar-refractivity contribution in [2.24, 2.45) is 4.99 Å². The quantitative estimate of drug-likeness (QED) is 0.196. The zero-order valence-electron chi connectivity index (χ0n) is 14.3. The molecule has 1 heterocycles. The molecule has 0 fully saturated rings. The third-order valence-corrected chi connectivity index (χ3v) is 3.33. The number of pyridine rings is 1. The van der Waals surface area contributed by atoms with Gasteiger partial charge in [0.25, 0.3) is 0 Å². The Morgan fingerprint density at radius 1 is 1.30 bits per heavy atom. The molecule has 2 N–H and O–H groups in total. The molecule has 0 bridgehead atoms. The van der Waals surface area contributed by atoms with Crippen LogP contribution in [0.4, 0.5) is 5.82 Å². The average Bonchev–Trinajstić information content (AvgIpc) is 2.55. The summed E-state index contributed by atoms with van der Waals surface area (Å²) in [5, 5.41) is 6.72. The number of rotatable bonds is 10. The number of allylic oxidation sites excluding steroid dienone is 1. The first kappa shape index (κ1) is 21.7. The second-order valence-corrected chi connectivity index (χ2v) is 5.18. The maximum atomic E-state index is 4.31. The van der Waals surface area contributed by atoms with E-state index in [1.54, 1.807) is 6.20 Å². The van der Waals surface area contributed by atoms with Gasteiger partial charge in [0.1, 0.15) is 5.82 Å². The largest absolute Gasteiger partial charge is 0.370 e. The molecule has 1 rings (SSSR count). The van der Waals surface area contributed by atoms with E-state index in [0.29, 0.717) is 0 Å². The second-order valence-electron chi connectivity index (χ2n) is 5.18. The van der Waals surface area contributed by atoms with Crippen molar-refractivity contribution >= 4 is 35.8 Å². The molecule has 23 heavy (non-hydrogen) atoms. The van der Waals surface area contributed by atoms with Gasteiger partial charge in [-0.3, -0.25) is 4.99 Å². The van der Waals surface area contributed by atoms with Gasteiger partial charge < -0.3 is 15.5 Å². The molecule has 0 spiro atoms. The van der Waals surface area contributed by atoms with Gasteiger partial charge in [0.05, 0.1) is 0 Å². The van der Waals surface area contributed by atoms with Gasteiger partial charge in [0.15, 0.2) is 5.96 Å². The lowest BCUT2D eigenvalue weighted by Crippen LogP contribution is -2.39. The number of anilines is 1. The summed E-state index contributed by atoms with van der Waals surface area (Å²) in [6.07, 6.45) is 8.10. The lowest BCUT2D eigenvalue weighted by molar-refractivity contribution is 0.468. The standard InChI is InChI=1S/C17H29N5.HI/c1-4-5-10-15-22(3)17(18-2)21-14-9-8-13-20-16-11-6-7-12-19-16;/h4,6-7,11-12H,1,5,8-10,13-15H2,2-3H3,(H,18,21)(H,19,20);1H. The molecule has 5 nitrogen and oxygen atoms in total. The van der Waals surface area contributed by atoms with Gasteiger partial charge in [-0.25, -0.2) is 4.98 Å². The molecule has 0 aliphatic carbocycles. The van der Waals surface area contributed by atoms with Crippen LogP contribution in [0.1, 0.15) is 25.7 Å². The van der Waals surface area contributed by atoms with Crippen LogP contribution in [-0.4, -0.2) is 49.6 Å². The Hall–Kier alpha value is -1.31. The summed E-state index contributed by atoms with van der Waals surface area (Å²) in [5.74, 6) is 1.90. The van der Waals surface area contributed by atoms with E-state index in [0.717, 1.165) is 57.1 Å². The highest BCUT2D eigenvalue weighted by Gasteiger charge is 2.03. The second kappa shape index (κ2) is 14.3. The Kier molecular flexibility index (Phi) is 13.5. The minimum atomic E-state index is 0. The number of unbranched alkanes of at least 4 members (excludes halogenated alkanes) is 2. The van der Waals surface area contributed by atoms with E-state index >= 15 is 0 Å². The molecule has 0 radical (unpaired) electrons. The molecular formula is C17H30IN5. The molecule has 6 heteroatoms. The number of aliphatic imine (C=N–C) groups is 1. The molecule has 0 aromatic carbocycles. The molecule has 130 valence electrons. The normalized spacial score (nSPS) is 10.6. The van der Waals surface area contributed by atoms with Crippen molar-refractivity contribution in [1.82, 2.24) is 15.2 Å². The minimum absolute atomic E-state index is 0. The van der Waals surface area contributed by atoms with Gasteiger partial charge in [0, 0.05) is 39.9 Å². The van der Waals surface area contributed by atoms with E-state index in [1.165, 1.54) is 0 Å². The van der Waals surface area contributed by atoms with Crippen LogP contribution < -0.4 is 10.6 Å². The van der Waals surface area contributed by atoms with Crippen molar-refractivity contribution in [3.63, 3.8) is 0 Å². The van der Waals surface area contributed by atoms with Crippen LogP contribution in [-0.2, 0) is 0 Å². The van der Waals surface area contributed by atoms with Gasteiger partial charge in [-0.2, -0.15) is 0 Å². The zero-order chi connectivity index (χ0) is 16.0. The number of aromatic nitrogens is 1. The Balaban J connectivity index is 0.00000484.